The molecule has 1 aromatic heterocycles. The molecule has 118 valence electrons. The maximum absolute atomic E-state index is 12.5. The molecule has 0 bridgehead atoms. The number of rotatable bonds is 3. The summed E-state index contributed by atoms with van der Waals surface area (Å²) >= 11 is 3.23. The number of allylic oxidation sites excluding steroid dienone is 1. The van der Waals surface area contributed by atoms with Crippen molar-refractivity contribution < 1.29 is 9.00 Å². The van der Waals surface area contributed by atoms with E-state index in [1.54, 1.807) is 25.3 Å². The molecule has 5 nitrogen and oxygen atoms in total. The van der Waals surface area contributed by atoms with Crippen LogP contribution >= 0.6 is 27.3 Å². The average molecular weight is 410 g/mol. The number of thiophene rings is 1. The molecule has 23 heavy (non-hydrogen) atoms. The zero-order chi connectivity index (χ0) is 16.4. The average Bonchev–Trinajstić information content (AvgIpc) is 3.04. The summed E-state index contributed by atoms with van der Waals surface area (Å²) in [5.74, 6) is -0.331. The van der Waals surface area contributed by atoms with Crippen molar-refractivity contribution in [3.8, 4) is 0 Å². The maximum atomic E-state index is 12.5. The molecular formula is C15H12BrN3O2S2. The fourth-order valence-electron chi connectivity index (χ4n) is 1.99. The van der Waals surface area contributed by atoms with Crippen molar-refractivity contribution in [1.29, 1.82) is 0 Å². The van der Waals surface area contributed by atoms with Crippen LogP contribution in [0.4, 0.5) is 5.69 Å². The van der Waals surface area contributed by atoms with Gasteiger partial charge in [-0.2, -0.15) is 4.40 Å². The molecule has 3 rings (SSSR count). The minimum atomic E-state index is -1.62. The van der Waals surface area contributed by atoms with E-state index in [-0.39, 0.29) is 5.91 Å². The maximum Gasteiger partial charge on any atom is 0.272 e. The highest BCUT2D eigenvalue weighted by atomic mass is 79.9. The van der Waals surface area contributed by atoms with Gasteiger partial charge in [-0.25, -0.2) is 4.21 Å². The number of nitrogens with one attached hydrogen (secondary N) is 1. The third-order valence-electron chi connectivity index (χ3n) is 3.11. The van der Waals surface area contributed by atoms with E-state index in [2.05, 4.69) is 25.6 Å². The van der Waals surface area contributed by atoms with E-state index in [0.29, 0.717) is 17.1 Å². The third kappa shape index (κ3) is 3.60. The monoisotopic (exact) mass is 409 g/mol. The Morgan fingerprint density at radius 1 is 1.35 bits per heavy atom. The summed E-state index contributed by atoms with van der Waals surface area (Å²) in [4.78, 5) is 13.4. The van der Waals surface area contributed by atoms with Crippen LogP contribution < -0.4 is 5.32 Å². The van der Waals surface area contributed by atoms with Crippen molar-refractivity contribution in [1.82, 2.24) is 4.31 Å². The van der Waals surface area contributed by atoms with Crippen molar-refractivity contribution in [2.45, 2.75) is 0 Å². The van der Waals surface area contributed by atoms with E-state index in [9.17, 15) is 9.00 Å². The minimum absolute atomic E-state index is 0.307. The van der Waals surface area contributed by atoms with Crippen molar-refractivity contribution >= 4 is 55.7 Å². The van der Waals surface area contributed by atoms with Crippen LogP contribution in [-0.4, -0.2) is 27.2 Å². The molecule has 0 spiro atoms. The van der Waals surface area contributed by atoms with E-state index in [1.807, 2.05) is 29.6 Å². The lowest BCUT2D eigenvalue weighted by Gasteiger charge is -2.22. The molecular weight excluding hydrogens is 398 g/mol. The normalized spacial score (nSPS) is 17.5. The molecule has 0 fully saturated rings. The Hall–Kier alpha value is -1.77. The van der Waals surface area contributed by atoms with Crippen LogP contribution in [0.2, 0.25) is 0 Å². The second kappa shape index (κ2) is 6.77. The van der Waals surface area contributed by atoms with Gasteiger partial charge in [0.25, 0.3) is 5.91 Å². The van der Waals surface area contributed by atoms with Crippen LogP contribution in [0.3, 0.4) is 0 Å². The van der Waals surface area contributed by atoms with Gasteiger partial charge in [-0.05, 0) is 35.7 Å². The lowest BCUT2D eigenvalue weighted by atomic mass is 10.2. The quantitative estimate of drug-likeness (QED) is 0.844. The number of amides is 1. The van der Waals surface area contributed by atoms with Gasteiger partial charge in [0.2, 0.25) is 11.2 Å². The Morgan fingerprint density at radius 2 is 2.17 bits per heavy atom. The summed E-state index contributed by atoms with van der Waals surface area (Å²) in [5.41, 5.74) is 1.52. The first-order chi connectivity index (χ1) is 11.0. The second-order valence-corrected chi connectivity index (χ2v) is 7.73. The number of nitrogens with zero attached hydrogens (tertiary/aromatic N) is 2. The molecule has 1 aliphatic rings. The van der Waals surface area contributed by atoms with Gasteiger partial charge in [-0.1, -0.05) is 28.1 Å². The Bertz CT molecular complexity index is 831. The molecule has 0 saturated heterocycles. The van der Waals surface area contributed by atoms with E-state index in [0.717, 1.165) is 9.35 Å². The van der Waals surface area contributed by atoms with E-state index in [4.69, 9.17) is 0 Å². The fourth-order valence-corrected chi connectivity index (χ4v) is 3.88. The highest BCUT2D eigenvalue weighted by Crippen LogP contribution is 2.22. The van der Waals surface area contributed by atoms with Gasteiger partial charge in [0.1, 0.15) is 5.70 Å². The summed E-state index contributed by atoms with van der Waals surface area (Å²) in [6.45, 7) is 0. The third-order valence-corrected chi connectivity index (χ3v) is 5.52. The largest absolute Gasteiger partial charge is 0.321 e. The van der Waals surface area contributed by atoms with Crippen molar-refractivity contribution in [2.24, 2.45) is 4.40 Å². The molecule has 1 aliphatic heterocycles. The highest BCUT2D eigenvalue weighted by molar-refractivity contribution is 9.10. The van der Waals surface area contributed by atoms with E-state index >= 15 is 0 Å². The van der Waals surface area contributed by atoms with Crippen LogP contribution in [0.15, 0.2) is 62.4 Å². The zero-order valence-electron chi connectivity index (χ0n) is 12.0. The topological polar surface area (TPSA) is 61.8 Å². The van der Waals surface area contributed by atoms with Gasteiger partial charge in [-0.3, -0.25) is 9.10 Å². The first-order valence-corrected chi connectivity index (χ1v) is 9.35. The van der Waals surface area contributed by atoms with Gasteiger partial charge in [0.15, 0.2) is 0 Å². The molecule has 2 heterocycles. The number of likely N-dealkylation sites (N-methyl/N-ethyl adjacent to an activating group) is 1. The van der Waals surface area contributed by atoms with E-state index in [1.165, 1.54) is 15.6 Å². The molecule has 0 radical (unpaired) electrons. The predicted molar refractivity (Wildman–Crippen MR) is 97.6 cm³/mol. The zero-order valence-corrected chi connectivity index (χ0v) is 15.2. The van der Waals surface area contributed by atoms with E-state index < -0.39 is 11.2 Å². The molecule has 1 aromatic carbocycles. The van der Waals surface area contributed by atoms with Gasteiger partial charge >= 0.3 is 0 Å². The summed E-state index contributed by atoms with van der Waals surface area (Å²) in [7, 11) is 1.58. The number of anilines is 1. The van der Waals surface area contributed by atoms with Crippen molar-refractivity contribution in [2.75, 3.05) is 12.4 Å². The standard InChI is InChI=1S/C15H12BrN3O2S2/c1-19-13(15(20)17-11-5-2-4-10(16)8-11)9-12(18-23(19)21)14-6-3-7-22-14/h2-9H,1H3,(H,17,20). The molecule has 2 aromatic rings. The number of hydrogen-bond donors (Lipinski definition) is 1. The lowest BCUT2D eigenvalue weighted by molar-refractivity contribution is -0.113. The molecule has 0 aliphatic carbocycles. The van der Waals surface area contributed by atoms with Crippen LogP contribution in [0.25, 0.3) is 0 Å². The fraction of sp³-hybridized carbons (Fsp3) is 0.0667. The van der Waals surface area contributed by atoms with Gasteiger partial charge < -0.3 is 5.32 Å². The van der Waals surface area contributed by atoms with Crippen molar-refractivity contribution in [3.63, 3.8) is 0 Å². The Kier molecular flexibility index (Phi) is 4.74. The van der Waals surface area contributed by atoms with Crippen LogP contribution in [0.5, 0.6) is 0 Å². The minimum Gasteiger partial charge on any atom is -0.321 e. The lowest BCUT2D eigenvalue weighted by Crippen LogP contribution is -2.32. The number of carbonyl (C=O) groups is 1. The number of hydrogen-bond acceptors (Lipinski definition) is 3. The Balaban J connectivity index is 1.89. The smallest absolute Gasteiger partial charge is 0.272 e. The molecule has 8 heteroatoms. The second-order valence-electron chi connectivity index (χ2n) is 4.68. The number of benzene rings is 1. The molecule has 1 N–H and O–H groups in total. The Morgan fingerprint density at radius 3 is 2.87 bits per heavy atom. The first-order valence-electron chi connectivity index (χ1n) is 6.61. The predicted octanol–water partition coefficient (Wildman–Crippen LogP) is 3.35. The van der Waals surface area contributed by atoms with Crippen LogP contribution in [-0.2, 0) is 16.0 Å². The van der Waals surface area contributed by atoms with Crippen LogP contribution in [0.1, 0.15) is 4.88 Å². The summed E-state index contributed by atoms with van der Waals surface area (Å²) in [6.07, 6.45) is 1.65. The first kappa shape index (κ1) is 16.1. The van der Waals surface area contributed by atoms with Crippen molar-refractivity contribution in [3.05, 3.63) is 62.9 Å². The summed E-state index contributed by atoms with van der Waals surface area (Å²) in [5, 5.41) is 4.72. The molecule has 1 unspecified atom stereocenters. The van der Waals surface area contributed by atoms with Crippen LogP contribution in [0, 0.1) is 0 Å². The highest BCUT2D eigenvalue weighted by Gasteiger charge is 2.25. The van der Waals surface area contributed by atoms with Gasteiger partial charge in [-0.15, -0.1) is 11.3 Å². The van der Waals surface area contributed by atoms with Gasteiger partial charge in [0, 0.05) is 17.2 Å². The molecule has 0 saturated carbocycles. The number of carbonyl (C=O) groups excluding carboxylic acids is 1. The van der Waals surface area contributed by atoms with Gasteiger partial charge in [0.05, 0.1) is 10.6 Å². The SMILES string of the molecule is CN1C(C(=O)Nc2cccc(Br)c2)=CC(c2cccs2)=NS1=O. The summed E-state index contributed by atoms with van der Waals surface area (Å²) in [6, 6.07) is 11.1. The Labute approximate surface area is 148 Å². The number of halogens is 1. The molecule has 1 amide bonds. The molecule has 1 atom stereocenters. The summed E-state index contributed by atoms with van der Waals surface area (Å²) < 4.78 is 18.5.